The summed E-state index contributed by atoms with van der Waals surface area (Å²) in [5.74, 6) is 0.478. The molecule has 2 N–H and O–H groups in total. The zero-order valence-corrected chi connectivity index (χ0v) is 16.1. The van der Waals surface area contributed by atoms with E-state index in [1.165, 1.54) is 15.6 Å². The number of nitrogens with two attached hydrogens (primary N) is 1. The highest BCUT2D eigenvalue weighted by atomic mass is 32.2. The van der Waals surface area contributed by atoms with Crippen LogP contribution in [-0.2, 0) is 21.3 Å². The first-order valence-electron chi connectivity index (χ1n) is 8.13. The number of morpholine rings is 1. The van der Waals surface area contributed by atoms with Gasteiger partial charge in [0.1, 0.15) is 4.21 Å². The highest BCUT2D eigenvalue weighted by Crippen LogP contribution is 2.25. The lowest BCUT2D eigenvalue weighted by molar-refractivity contribution is 0.00529. The minimum Gasteiger partial charge on any atom is -0.375 e. The van der Waals surface area contributed by atoms with Crippen LogP contribution in [0.25, 0.3) is 0 Å². The predicted molar refractivity (Wildman–Crippen MR) is 96.7 cm³/mol. The van der Waals surface area contributed by atoms with Crippen LogP contribution in [0.3, 0.4) is 0 Å². The van der Waals surface area contributed by atoms with Crippen molar-refractivity contribution in [1.29, 1.82) is 0 Å². The van der Waals surface area contributed by atoms with Crippen LogP contribution in [-0.4, -0.2) is 62.5 Å². The van der Waals surface area contributed by atoms with Crippen molar-refractivity contribution < 1.29 is 13.2 Å². The summed E-state index contributed by atoms with van der Waals surface area (Å²) in [6.07, 6.45) is 0.139. The molecule has 0 radical (unpaired) electrons. The minimum atomic E-state index is -3.40. The average Bonchev–Trinajstić information content (AvgIpc) is 3.03. The molecule has 7 nitrogen and oxygen atoms in total. The zero-order valence-electron chi connectivity index (χ0n) is 14.4. The van der Waals surface area contributed by atoms with Crippen molar-refractivity contribution >= 4 is 27.3 Å². The van der Waals surface area contributed by atoms with E-state index in [1.54, 1.807) is 12.1 Å². The predicted octanol–water partition coefficient (Wildman–Crippen LogP) is 1.31. The van der Waals surface area contributed by atoms with Crippen molar-refractivity contribution in [2.75, 3.05) is 32.8 Å². The molecule has 1 saturated heterocycles. The van der Waals surface area contributed by atoms with Crippen molar-refractivity contribution in [3.63, 3.8) is 0 Å². The van der Waals surface area contributed by atoms with Gasteiger partial charge in [0.05, 0.1) is 19.3 Å². The first kappa shape index (κ1) is 19.2. The molecule has 1 fully saturated rings. The number of guanidine groups is 1. The molecule has 1 aliphatic heterocycles. The van der Waals surface area contributed by atoms with Gasteiger partial charge in [-0.2, -0.15) is 4.31 Å². The Kier molecular flexibility index (Phi) is 6.62. The van der Waals surface area contributed by atoms with E-state index >= 15 is 0 Å². The number of hydrogen-bond donors (Lipinski definition) is 1. The van der Waals surface area contributed by atoms with Gasteiger partial charge in [-0.05, 0) is 19.1 Å². The third-order valence-electron chi connectivity index (χ3n) is 3.90. The van der Waals surface area contributed by atoms with E-state index in [0.717, 1.165) is 18.0 Å². The van der Waals surface area contributed by atoms with Gasteiger partial charge >= 0.3 is 0 Å². The molecule has 2 heterocycles. The smallest absolute Gasteiger partial charge is 0.252 e. The number of nitrogens with zero attached hydrogens (tertiary/aromatic N) is 3. The van der Waals surface area contributed by atoms with Crippen LogP contribution in [0.2, 0.25) is 0 Å². The third kappa shape index (κ3) is 4.47. The van der Waals surface area contributed by atoms with Crippen molar-refractivity contribution in [2.45, 2.75) is 37.6 Å². The van der Waals surface area contributed by atoms with E-state index in [-0.39, 0.29) is 6.10 Å². The quantitative estimate of drug-likeness (QED) is 0.599. The topological polar surface area (TPSA) is 88.2 Å². The highest BCUT2D eigenvalue weighted by molar-refractivity contribution is 7.91. The summed E-state index contributed by atoms with van der Waals surface area (Å²) in [6.45, 7) is 9.08. The second kappa shape index (κ2) is 8.28. The Hall–Kier alpha value is -1.16. The van der Waals surface area contributed by atoms with E-state index in [2.05, 4.69) is 4.99 Å². The first-order chi connectivity index (χ1) is 11.4. The maximum Gasteiger partial charge on any atom is 0.252 e. The molecule has 9 heteroatoms. The molecule has 1 aromatic rings. The number of hydrogen-bond acceptors (Lipinski definition) is 5. The molecule has 1 atom stereocenters. The molecule has 136 valence electrons. The second-order valence-corrected chi connectivity index (χ2v) is 8.95. The molecule has 24 heavy (non-hydrogen) atoms. The number of thiophene rings is 1. The fourth-order valence-electron chi connectivity index (χ4n) is 2.56. The molecule has 2 rings (SSSR count). The van der Waals surface area contributed by atoms with E-state index in [4.69, 9.17) is 10.5 Å². The Bertz CT molecular complexity index is 668. The molecule has 0 saturated carbocycles. The minimum absolute atomic E-state index is 0.139. The number of sulfonamides is 1. The molecule has 1 aliphatic rings. The summed E-state index contributed by atoms with van der Waals surface area (Å²) in [5, 5.41) is 0. The van der Waals surface area contributed by atoms with Gasteiger partial charge in [0.2, 0.25) is 0 Å². The van der Waals surface area contributed by atoms with Crippen molar-refractivity contribution in [2.24, 2.45) is 10.7 Å². The normalized spacial score (nSPS) is 19.9. The van der Waals surface area contributed by atoms with Gasteiger partial charge < -0.3 is 15.4 Å². The summed E-state index contributed by atoms with van der Waals surface area (Å²) in [5.41, 5.74) is 6.04. The summed E-state index contributed by atoms with van der Waals surface area (Å²) >= 11 is 1.25. The van der Waals surface area contributed by atoms with Gasteiger partial charge in [0.25, 0.3) is 10.0 Å². The van der Waals surface area contributed by atoms with Crippen molar-refractivity contribution in [3.8, 4) is 0 Å². The lowest BCUT2D eigenvalue weighted by Crippen LogP contribution is -2.47. The van der Waals surface area contributed by atoms with Gasteiger partial charge in [0, 0.05) is 31.1 Å². The molecule has 0 spiro atoms. The van der Waals surface area contributed by atoms with Gasteiger partial charge in [-0.25, -0.2) is 13.4 Å². The van der Waals surface area contributed by atoms with Crippen LogP contribution in [0.4, 0.5) is 0 Å². The third-order valence-corrected chi connectivity index (χ3v) is 7.49. The number of rotatable bonds is 6. The average molecular weight is 375 g/mol. The number of ether oxygens (including phenoxy) is 1. The van der Waals surface area contributed by atoms with Crippen molar-refractivity contribution in [3.05, 3.63) is 17.0 Å². The van der Waals surface area contributed by atoms with Crippen LogP contribution in [0, 0.1) is 0 Å². The largest absolute Gasteiger partial charge is 0.375 e. The van der Waals surface area contributed by atoms with E-state index < -0.39 is 10.0 Å². The Morgan fingerprint density at radius 1 is 1.46 bits per heavy atom. The Morgan fingerprint density at radius 3 is 2.79 bits per heavy atom. The van der Waals surface area contributed by atoms with Gasteiger partial charge in [-0.3, -0.25) is 0 Å². The fourth-order valence-corrected chi connectivity index (χ4v) is 5.45. The van der Waals surface area contributed by atoms with Crippen molar-refractivity contribution in [1.82, 2.24) is 9.21 Å². The molecule has 0 amide bonds. The summed E-state index contributed by atoms with van der Waals surface area (Å²) in [4.78, 5) is 7.27. The Labute approximate surface area is 148 Å². The first-order valence-corrected chi connectivity index (χ1v) is 10.4. The molecule has 1 unspecified atom stereocenters. The maximum absolute atomic E-state index is 12.5. The summed E-state index contributed by atoms with van der Waals surface area (Å²) < 4.78 is 32.3. The molecule has 1 aromatic heterocycles. The highest BCUT2D eigenvalue weighted by Gasteiger charge is 2.23. The molecular weight excluding hydrogens is 348 g/mol. The van der Waals surface area contributed by atoms with Crippen LogP contribution < -0.4 is 5.73 Å². The molecule has 0 aromatic carbocycles. The van der Waals surface area contributed by atoms with E-state index in [9.17, 15) is 8.42 Å². The van der Waals surface area contributed by atoms with E-state index in [0.29, 0.717) is 36.4 Å². The SMILES string of the molecule is CCN(CC)S(=O)(=O)c1ccc(CN=C(N)N2CCOC(C)C2)s1. The number of aliphatic imine (C=N–C) groups is 1. The van der Waals surface area contributed by atoms with Crippen LogP contribution in [0.5, 0.6) is 0 Å². The second-order valence-electron chi connectivity index (χ2n) is 5.61. The zero-order chi connectivity index (χ0) is 17.7. The summed E-state index contributed by atoms with van der Waals surface area (Å²) in [6, 6.07) is 3.45. The fraction of sp³-hybridized carbons (Fsp3) is 0.667. The van der Waals surface area contributed by atoms with Crippen LogP contribution in [0.15, 0.2) is 21.3 Å². The Morgan fingerprint density at radius 2 is 2.17 bits per heavy atom. The lowest BCUT2D eigenvalue weighted by Gasteiger charge is -2.31. The molecule has 0 bridgehead atoms. The van der Waals surface area contributed by atoms with Crippen LogP contribution in [0.1, 0.15) is 25.6 Å². The summed E-state index contributed by atoms with van der Waals surface area (Å²) in [7, 11) is -3.40. The molecule has 0 aliphatic carbocycles. The Balaban J connectivity index is 2.04. The molecular formula is C15H26N4O3S2. The maximum atomic E-state index is 12.5. The van der Waals surface area contributed by atoms with Crippen LogP contribution >= 0.6 is 11.3 Å². The van der Waals surface area contributed by atoms with Gasteiger partial charge in [-0.1, -0.05) is 13.8 Å². The van der Waals surface area contributed by atoms with Gasteiger partial charge in [-0.15, -0.1) is 11.3 Å². The monoisotopic (exact) mass is 374 g/mol. The van der Waals surface area contributed by atoms with Gasteiger partial charge in [0.15, 0.2) is 5.96 Å². The standard InChI is InChI=1S/C15H26N4O3S2/c1-4-19(5-2)24(20,21)14-7-6-13(23-14)10-17-15(16)18-8-9-22-12(3)11-18/h6-7,12H,4-5,8-11H2,1-3H3,(H2,16,17). The van der Waals surface area contributed by atoms with E-state index in [1.807, 2.05) is 25.7 Å². The lowest BCUT2D eigenvalue weighted by atomic mass is 10.3.